The molecule has 0 radical (unpaired) electrons. The van der Waals surface area contributed by atoms with Crippen molar-refractivity contribution < 1.29 is 19.4 Å². The quantitative estimate of drug-likeness (QED) is 0.269. The summed E-state index contributed by atoms with van der Waals surface area (Å²) in [6, 6.07) is 0. The first-order valence-electron chi connectivity index (χ1n) is 5.60. The summed E-state index contributed by atoms with van der Waals surface area (Å²) in [6.07, 6.45) is 1.98. The maximum absolute atomic E-state index is 9.51. The van der Waals surface area contributed by atoms with Gasteiger partial charge in [0.25, 0.3) is 0 Å². The second kappa shape index (κ2) is 10.9. The molecule has 0 amide bonds. The van der Waals surface area contributed by atoms with Gasteiger partial charge in [0.1, 0.15) is 0 Å². The SMILES string of the molecule is CCCC(O)C/C(C)=N/OCOCCOC. The topological polar surface area (TPSA) is 60.3 Å². The molecule has 0 bridgehead atoms. The van der Waals surface area contributed by atoms with Crippen LogP contribution in [0.1, 0.15) is 33.1 Å². The molecule has 0 aromatic heterocycles. The lowest BCUT2D eigenvalue weighted by Crippen LogP contribution is -2.11. The van der Waals surface area contributed by atoms with Crippen LogP contribution >= 0.6 is 0 Å². The molecule has 0 aliphatic rings. The van der Waals surface area contributed by atoms with E-state index in [9.17, 15) is 5.11 Å². The number of aliphatic hydroxyl groups excluding tert-OH is 1. The molecule has 0 aromatic rings. The van der Waals surface area contributed by atoms with E-state index >= 15 is 0 Å². The largest absolute Gasteiger partial charge is 0.393 e. The van der Waals surface area contributed by atoms with Crippen molar-refractivity contribution in [1.82, 2.24) is 0 Å². The van der Waals surface area contributed by atoms with E-state index < -0.39 is 0 Å². The van der Waals surface area contributed by atoms with Gasteiger partial charge in [-0.2, -0.15) is 0 Å². The van der Waals surface area contributed by atoms with E-state index in [0.717, 1.165) is 18.6 Å². The summed E-state index contributed by atoms with van der Waals surface area (Å²) >= 11 is 0. The van der Waals surface area contributed by atoms with Crippen LogP contribution in [0.25, 0.3) is 0 Å². The molecule has 16 heavy (non-hydrogen) atoms. The van der Waals surface area contributed by atoms with E-state index in [-0.39, 0.29) is 12.9 Å². The molecule has 1 N–H and O–H groups in total. The lowest BCUT2D eigenvalue weighted by molar-refractivity contribution is -0.0647. The van der Waals surface area contributed by atoms with Crippen molar-refractivity contribution >= 4 is 5.71 Å². The van der Waals surface area contributed by atoms with E-state index in [4.69, 9.17) is 14.3 Å². The normalized spacial score (nSPS) is 13.9. The van der Waals surface area contributed by atoms with Crippen molar-refractivity contribution in [3.63, 3.8) is 0 Å². The van der Waals surface area contributed by atoms with Gasteiger partial charge in [0.15, 0.2) is 0 Å². The van der Waals surface area contributed by atoms with Crippen molar-refractivity contribution in [3.8, 4) is 0 Å². The molecule has 0 aliphatic heterocycles. The van der Waals surface area contributed by atoms with Crippen molar-refractivity contribution in [2.75, 3.05) is 27.1 Å². The van der Waals surface area contributed by atoms with E-state index in [1.807, 2.05) is 13.8 Å². The predicted octanol–water partition coefficient (Wildman–Crippen LogP) is 1.55. The van der Waals surface area contributed by atoms with Gasteiger partial charge in [0.2, 0.25) is 6.79 Å². The lowest BCUT2D eigenvalue weighted by Gasteiger charge is -2.08. The summed E-state index contributed by atoms with van der Waals surface area (Å²) in [5, 5.41) is 13.3. The molecule has 0 spiro atoms. The lowest BCUT2D eigenvalue weighted by atomic mass is 10.1. The molecule has 5 heteroatoms. The van der Waals surface area contributed by atoms with Crippen LogP contribution in [0.3, 0.4) is 0 Å². The van der Waals surface area contributed by atoms with Gasteiger partial charge in [0, 0.05) is 13.5 Å². The molecule has 0 aromatic carbocycles. The molecular formula is C11H23NO4. The van der Waals surface area contributed by atoms with Crippen molar-refractivity contribution in [3.05, 3.63) is 0 Å². The Morgan fingerprint density at radius 2 is 2.12 bits per heavy atom. The maximum Gasteiger partial charge on any atom is 0.216 e. The predicted molar refractivity (Wildman–Crippen MR) is 62.4 cm³/mol. The minimum Gasteiger partial charge on any atom is -0.393 e. The Labute approximate surface area is 97.4 Å². The molecule has 0 rings (SSSR count). The zero-order chi connectivity index (χ0) is 12.2. The van der Waals surface area contributed by atoms with Crippen LogP contribution in [0.4, 0.5) is 0 Å². The van der Waals surface area contributed by atoms with Crippen molar-refractivity contribution in [2.45, 2.75) is 39.2 Å². The van der Waals surface area contributed by atoms with Crippen molar-refractivity contribution in [2.24, 2.45) is 5.16 Å². The molecule has 96 valence electrons. The molecule has 1 atom stereocenters. The zero-order valence-electron chi connectivity index (χ0n) is 10.4. The van der Waals surface area contributed by atoms with Crippen LogP contribution in [0.5, 0.6) is 0 Å². The van der Waals surface area contributed by atoms with Crippen molar-refractivity contribution in [1.29, 1.82) is 0 Å². The van der Waals surface area contributed by atoms with Gasteiger partial charge in [0.05, 0.1) is 25.0 Å². The smallest absolute Gasteiger partial charge is 0.216 e. The highest BCUT2D eigenvalue weighted by atomic mass is 16.7. The van der Waals surface area contributed by atoms with Gasteiger partial charge in [-0.15, -0.1) is 0 Å². The highest BCUT2D eigenvalue weighted by molar-refractivity contribution is 5.81. The molecule has 0 heterocycles. The monoisotopic (exact) mass is 233 g/mol. The number of nitrogens with zero attached hydrogens (tertiary/aromatic N) is 1. The maximum atomic E-state index is 9.51. The minimum absolute atomic E-state index is 0.116. The second-order valence-electron chi connectivity index (χ2n) is 3.62. The number of hydrogen-bond donors (Lipinski definition) is 1. The minimum atomic E-state index is -0.327. The fourth-order valence-corrected chi connectivity index (χ4v) is 1.19. The fourth-order valence-electron chi connectivity index (χ4n) is 1.19. The number of rotatable bonds is 10. The summed E-state index contributed by atoms with van der Waals surface area (Å²) in [7, 11) is 1.61. The number of hydrogen-bond acceptors (Lipinski definition) is 5. The Hall–Kier alpha value is -0.650. The average molecular weight is 233 g/mol. The fraction of sp³-hybridized carbons (Fsp3) is 0.909. The highest BCUT2D eigenvalue weighted by Gasteiger charge is 2.04. The molecule has 0 fully saturated rings. The van der Waals surface area contributed by atoms with Crippen LogP contribution in [0.2, 0.25) is 0 Å². The van der Waals surface area contributed by atoms with Crippen LogP contribution < -0.4 is 0 Å². The Morgan fingerprint density at radius 1 is 1.38 bits per heavy atom. The van der Waals surface area contributed by atoms with Crippen LogP contribution in [0.15, 0.2) is 5.16 Å². The number of methoxy groups -OCH3 is 1. The zero-order valence-corrected chi connectivity index (χ0v) is 10.4. The van der Waals surface area contributed by atoms with Gasteiger partial charge in [-0.3, -0.25) is 0 Å². The summed E-state index contributed by atoms with van der Waals surface area (Å²) in [5.74, 6) is 0. The molecule has 0 saturated carbocycles. The molecule has 0 aliphatic carbocycles. The van der Waals surface area contributed by atoms with E-state index in [2.05, 4.69) is 5.16 Å². The van der Waals surface area contributed by atoms with E-state index in [0.29, 0.717) is 19.6 Å². The summed E-state index contributed by atoms with van der Waals surface area (Å²) in [6.45, 7) is 5.01. The average Bonchev–Trinajstić information content (AvgIpc) is 2.23. The molecule has 0 saturated heterocycles. The molecular weight excluding hydrogens is 210 g/mol. The summed E-state index contributed by atoms with van der Waals surface area (Å²) < 4.78 is 9.86. The van der Waals surface area contributed by atoms with Gasteiger partial charge >= 0.3 is 0 Å². The number of aliphatic hydroxyl groups is 1. The Kier molecular flexibility index (Phi) is 10.4. The highest BCUT2D eigenvalue weighted by Crippen LogP contribution is 2.02. The Balaban J connectivity index is 3.47. The van der Waals surface area contributed by atoms with Gasteiger partial charge in [-0.1, -0.05) is 18.5 Å². The van der Waals surface area contributed by atoms with Crippen LogP contribution in [-0.4, -0.2) is 44.0 Å². The number of oxime groups is 1. The van der Waals surface area contributed by atoms with Gasteiger partial charge in [-0.25, -0.2) is 0 Å². The summed E-state index contributed by atoms with van der Waals surface area (Å²) in [5.41, 5.74) is 0.774. The van der Waals surface area contributed by atoms with E-state index in [1.54, 1.807) is 7.11 Å². The van der Waals surface area contributed by atoms with E-state index in [1.165, 1.54) is 0 Å². The van der Waals surface area contributed by atoms with Crippen LogP contribution in [-0.2, 0) is 14.3 Å². The Bertz CT molecular complexity index is 185. The summed E-state index contributed by atoms with van der Waals surface area (Å²) in [4.78, 5) is 4.92. The third-order valence-corrected chi connectivity index (χ3v) is 1.94. The first-order chi connectivity index (χ1) is 7.70. The van der Waals surface area contributed by atoms with Crippen LogP contribution in [0, 0.1) is 0 Å². The molecule has 5 nitrogen and oxygen atoms in total. The standard InChI is InChI=1S/C11H23NO4/c1-4-5-11(13)8-10(2)12-16-9-15-7-6-14-3/h11,13H,4-9H2,1-3H3/b12-10+. The number of ether oxygens (including phenoxy) is 2. The first-order valence-corrected chi connectivity index (χ1v) is 5.60. The third kappa shape index (κ3) is 9.89. The van der Waals surface area contributed by atoms with Gasteiger partial charge < -0.3 is 19.4 Å². The van der Waals surface area contributed by atoms with Gasteiger partial charge in [-0.05, 0) is 13.3 Å². The Morgan fingerprint density at radius 3 is 2.75 bits per heavy atom. The second-order valence-corrected chi connectivity index (χ2v) is 3.62. The first kappa shape index (κ1) is 15.3. The molecule has 1 unspecified atom stereocenters. The third-order valence-electron chi connectivity index (χ3n) is 1.94.